The van der Waals surface area contributed by atoms with E-state index in [0.717, 1.165) is 38.5 Å². The van der Waals surface area contributed by atoms with Gasteiger partial charge in [0, 0.05) is 12.1 Å². The Morgan fingerprint density at radius 1 is 0.870 bits per heavy atom. The Balaban J connectivity index is 1.69. The highest BCUT2D eigenvalue weighted by atomic mass is 16.6. The Kier molecular flexibility index (Phi) is 13.4. The standard InChI is InChI=1S/C32H52N6O8/c1-7-10-22(27(40)30(43)35-21-13-14-21)36-29(42)24-15-20-11-8-9-12-23(20)38(24)31(44)26(17(2)3)37-25(39)16-33-28(41)19(6)34-32(45)46-18(4)5/h17-24,26H,7-16H2,1-6H3,(H,33,41)(H,34,45)(H,35,43)(H,36,42)(H,37,39)/t19?,20-,22?,23?,24-,26-/m0/s1. The molecule has 0 spiro atoms. The zero-order valence-electron chi connectivity index (χ0n) is 28.0. The molecule has 3 unspecified atom stereocenters. The molecule has 1 heterocycles. The van der Waals surface area contributed by atoms with E-state index in [2.05, 4.69) is 26.6 Å². The number of alkyl carbamates (subject to hydrolysis) is 1. The van der Waals surface area contributed by atoms with Crippen LogP contribution < -0.4 is 26.6 Å². The monoisotopic (exact) mass is 648 g/mol. The molecule has 3 rings (SSSR count). The molecule has 0 aromatic heterocycles. The Morgan fingerprint density at radius 2 is 1.54 bits per heavy atom. The molecule has 14 heteroatoms. The van der Waals surface area contributed by atoms with Crippen molar-refractivity contribution in [3.63, 3.8) is 0 Å². The molecule has 0 aromatic rings. The van der Waals surface area contributed by atoms with Gasteiger partial charge in [0.25, 0.3) is 5.91 Å². The van der Waals surface area contributed by atoms with Crippen molar-refractivity contribution in [2.24, 2.45) is 11.8 Å². The molecule has 0 bridgehead atoms. The second-order valence-electron chi connectivity index (χ2n) is 13.4. The maximum absolute atomic E-state index is 14.2. The van der Waals surface area contributed by atoms with Gasteiger partial charge in [-0.1, -0.05) is 40.0 Å². The molecule has 14 nitrogen and oxygen atoms in total. The minimum Gasteiger partial charge on any atom is -0.447 e. The van der Waals surface area contributed by atoms with Crippen molar-refractivity contribution in [1.82, 2.24) is 31.5 Å². The zero-order chi connectivity index (χ0) is 34.1. The number of fused-ring (bicyclic) bond motifs is 1. The van der Waals surface area contributed by atoms with E-state index >= 15 is 0 Å². The summed E-state index contributed by atoms with van der Waals surface area (Å²) in [6, 6.07) is -3.97. The van der Waals surface area contributed by atoms with Gasteiger partial charge in [-0.3, -0.25) is 28.8 Å². The lowest BCUT2D eigenvalue weighted by atomic mass is 9.84. The van der Waals surface area contributed by atoms with E-state index in [1.54, 1.807) is 32.6 Å². The maximum atomic E-state index is 14.2. The molecule has 1 saturated heterocycles. The molecule has 2 saturated carbocycles. The van der Waals surface area contributed by atoms with Gasteiger partial charge in [-0.25, -0.2) is 4.79 Å². The fourth-order valence-corrected chi connectivity index (χ4v) is 6.19. The van der Waals surface area contributed by atoms with Gasteiger partial charge in [-0.2, -0.15) is 0 Å². The summed E-state index contributed by atoms with van der Waals surface area (Å²) in [5.41, 5.74) is 0. The SMILES string of the molecule is CCCC(NC(=O)[C@@H]1C[C@@H]2CCCCC2N1C(=O)[C@@H](NC(=O)CNC(=O)C(C)NC(=O)OC(C)C)C(C)C)C(=O)C(=O)NC1CC1. The first kappa shape index (κ1) is 36.8. The van der Waals surface area contributed by atoms with Crippen molar-refractivity contribution < 1.29 is 38.3 Å². The second kappa shape index (κ2) is 16.7. The number of nitrogens with one attached hydrogen (secondary N) is 5. The van der Waals surface area contributed by atoms with Crippen molar-refractivity contribution >= 4 is 41.4 Å². The number of ketones is 1. The highest BCUT2D eigenvalue weighted by molar-refractivity contribution is 6.38. The Bertz CT molecular complexity index is 1160. The fraction of sp³-hybridized carbons (Fsp3) is 0.781. The predicted octanol–water partition coefficient (Wildman–Crippen LogP) is 1.06. The van der Waals surface area contributed by atoms with Crippen LogP contribution in [0.2, 0.25) is 0 Å². The summed E-state index contributed by atoms with van der Waals surface area (Å²) in [4.78, 5) is 92.2. The number of nitrogens with zero attached hydrogens (tertiary/aromatic N) is 1. The zero-order valence-corrected chi connectivity index (χ0v) is 28.0. The maximum Gasteiger partial charge on any atom is 0.408 e. The molecule has 3 fully saturated rings. The minimum absolute atomic E-state index is 0.00517. The van der Waals surface area contributed by atoms with E-state index in [9.17, 15) is 33.6 Å². The van der Waals surface area contributed by atoms with Crippen LogP contribution in [0.5, 0.6) is 0 Å². The summed E-state index contributed by atoms with van der Waals surface area (Å²) in [6.45, 7) is 9.80. The summed E-state index contributed by atoms with van der Waals surface area (Å²) in [6.07, 6.45) is 5.31. The molecule has 1 aliphatic heterocycles. The van der Waals surface area contributed by atoms with Crippen LogP contribution in [-0.4, -0.2) is 95.2 Å². The predicted molar refractivity (Wildman–Crippen MR) is 168 cm³/mol. The molecule has 0 aromatic carbocycles. The summed E-state index contributed by atoms with van der Waals surface area (Å²) < 4.78 is 4.97. The van der Waals surface area contributed by atoms with Crippen LogP contribution in [0.4, 0.5) is 4.79 Å². The summed E-state index contributed by atoms with van der Waals surface area (Å²) in [5.74, 6) is -3.72. The number of Topliss-reactive ketones (excluding diaryl/α,β-unsaturated/α-hetero) is 1. The van der Waals surface area contributed by atoms with Crippen LogP contribution in [0.15, 0.2) is 0 Å². The van der Waals surface area contributed by atoms with Gasteiger partial charge in [0.1, 0.15) is 18.1 Å². The smallest absolute Gasteiger partial charge is 0.408 e. The topological polar surface area (TPSA) is 192 Å². The van der Waals surface area contributed by atoms with Crippen LogP contribution in [0, 0.1) is 11.8 Å². The van der Waals surface area contributed by atoms with Gasteiger partial charge in [0.05, 0.1) is 18.7 Å². The lowest BCUT2D eigenvalue weighted by Crippen LogP contribution is -2.60. The molecule has 6 amide bonds. The van der Waals surface area contributed by atoms with Crippen molar-refractivity contribution in [3.8, 4) is 0 Å². The van der Waals surface area contributed by atoms with Crippen molar-refractivity contribution in [1.29, 1.82) is 0 Å². The van der Waals surface area contributed by atoms with Gasteiger partial charge < -0.3 is 36.2 Å². The average Bonchev–Trinajstić information content (AvgIpc) is 3.72. The van der Waals surface area contributed by atoms with Crippen molar-refractivity contribution in [2.75, 3.05) is 6.54 Å². The molecular weight excluding hydrogens is 596 g/mol. The van der Waals surface area contributed by atoms with Crippen LogP contribution >= 0.6 is 0 Å². The number of amides is 6. The van der Waals surface area contributed by atoms with Crippen LogP contribution in [0.25, 0.3) is 0 Å². The van der Waals surface area contributed by atoms with Crippen molar-refractivity contribution in [2.45, 2.75) is 142 Å². The molecular formula is C32H52N6O8. The number of hydrogen-bond acceptors (Lipinski definition) is 8. The lowest BCUT2D eigenvalue weighted by molar-refractivity contribution is -0.146. The number of carbonyl (C=O) groups excluding carboxylic acids is 7. The normalized spacial score (nSPS) is 22.6. The molecule has 258 valence electrons. The molecule has 6 atom stereocenters. The number of likely N-dealkylation sites (tertiary alicyclic amines) is 1. The van der Waals surface area contributed by atoms with Gasteiger partial charge >= 0.3 is 6.09 Å². The Morgan fingerprint density at radius 3 is 2.15 bits per heavy atom. The highest BCUT2D eigenvalue weighted by Crippen LogP contribution is 2.40. The number of rotatable bonds is 15. The van der Waals surface area contributed by atoms with E-state index in [1.165, 1.54) is 6.92 Å². The quantitative estimate of drug-likeness (QED) is 0.163. The van der Waals surface area contributed by atoms with Crippen LogP contribution in [0.3, 0.4) is 0 Å². The van der Waals surface area contributed by atoms with E-state index in [4.69, 9.17) is 4.74 Å². The Labute approximate surface area is 271 Å². The Hall–Kier alpha value is -3.71. The molecule has 3 aliphatic rings. The molecule has 0 radical (unpaired) electrons. The first-order valence-corrected chi connectivity index (χ1v) is 16.7. The fourth-order valence-electron chi connectivity index (χ4n) is 6.19. The van der Waals surface area contributed by atoms with E-state index in [1.807, 2.05) is 6.92 Å². The molecule has 5 N–H and O–H groups in total. The number of hydrogen-bond donors (Lipinski definition) is 5. The number of ether oxygens (including phenoxy) is 1. The van der Waals surface area contributed by atoms with Crippen LogP contribution in [-0.2, 0) is 33.5 Å². The summed E-state index contributed by atoms with van der Waals surface area (Å²) >= 11 is 0. The third-order valence-corrected chi connectivity index (χ3v) is 8.73. The third kappa shape index (κ3) is 10.1. The average molecular weight is 649 g/mol. The van der Waals surface area contributed by atoms with E-state index in [-0.39, 0.29) is 30.0 Å². The van der Waals surface area contributed by atoms with E-state index in [0.29, 0.717) is 19.3 Å². The number of carbonyl (C=O) groups is 7. The highest BCUT2D eigenvalue weighted by Gasteiger charge is 2.50. The summed E-state index contributed by atoms with van der Waals surface area (Å²) in [7, 11) is 0. The van der Waals surface area contributed by atoms with Gasteiger partial charge in [0.15, 0.2) is 0 Å². The molecule has 46 heavy (non-hydrogen) atoms. The first-order chi connectivity index (χ1) is 21.7. The third-order valence-electron chi connectivity index (χ3n) is 8.73. The van der Waals surface area contributed by atoms with Gasteiger partial charge in [-0.15, -0.1) is 0 Å². The first-order valence-electron chi connectivity index (χ1n) is 16.7. The summed E-state index contributed by atoms with van der Waals surface area (Å²) in [5, 5.41) is 13.1. The van der Waals surface area contributed by atoms with Crippen molar-refractivity contribution in [3.05, 3.63) is 0 Å². The largest absolute Gasteiger partial charge is 0.447 e. The molecule has 2 aliphatic carbocycles. The van der Waals surface area contributed by atoms with Gasteiger partial charge in [-0.05, 0) is 71.1 Å². The minimum atomic E-state index is -0.996. The van der Waals surface area contributed by atoms with E-state index < -0.39 is 72.1 Å². The van der Waals surface area contributed by atoms with Crippen LogP contribution in [0.1, 0.15) is 99.3 Å². The lowest BCUT2D eigenvalue weighted by Gasteiger charge is -2.37. The van der Waals surface area contributed by atoms with Gasteiger partial charge in [0.2, 0.25) is 29.4 Å². The second-order valence-corrected chi connectivity index (χ2v) is 13.4.